The summed E-state index contributed by atoms with van der Waals surface area (Å²) < 4.78 is 12.5. The monoisotopic (exact) mass is 466 g/mol. The minimum atomic E-state index is -0.167. The smallest absolute Gasteiger partial charge is 0.234 e. The summed E-state index contributed by atoms with van der Waals surface area (Å²) in [7, 11) is 3.13. The van der Waals surface area contributed by atoms with Gasteiger partial charge in [0.2, 0.25) is 5.91 Å². The summed E-state index contributed by atoms with van der Waals surface area (Å²) in [6.07, 6.45) is 1.79. The summed E-state index contributed by atoms with van der Waals surface area (Å²) in [5.74, 6) is 1.96. The van der Waals surface area contributed by atoms with Gasteiger partial charge in [-0.1, -0.05) is 62.9 Å². The van der Waals surface area contributed by atoms with Crippen LogP contribution in [0.2, 0.25) is 0 Å². The van der Waals surface area contributed by atoms with Gasteiger partial charge in [-0.2, -0.15) is 0 Å². The van der Waals surface area contributed by atoms with E-state index in [0.29, 0.717) is 28.9 Å². The van der Waals surface area contributed by atoms with Crippen molar-refractivity contribution in [2.45, 2.75) is 37.9 Å². The fraction of sp³-hybridized carbons (Fsp3) is 0.320. The van der Waals surface area contributed by atoms with Crippen LogP contribution in [0.4, 0.5) is 5.69 Å². The van der Waals surface area contributed by atoms with Crippen molar-refractivity contribution in [2.75, 3.05) is 25.3 Å². The highest BCUT2D eigenvalue weighted by atomic mass is 32.2. The molecule has 0 fully saturated rings. The fourth-order valence-electron chi connectivity index (χ4n) is 3.23. The molecule has 0 radical (unpaired) electrons. The maximum absolute atomic E-state index is 12.6. The molecular formula is C25H30N4O3S. The number of amides is 1. The van der Waals surface area contributed by atoms with E-state index in [1.165, 1.54) is 17.3 Å². The topological polar surface area (TPSA) is 78.3 Å². The van der Waals surface area contributed by atoms with Crippen LogP contribution >= 0.6 is 11.8 Å². The molecule has 2 aromatic carbocycles. The van der Waals surface area contributed by atoms with Gasteiger partial charge in [-0.25, -0.2) is 0 Å². The number of carbonyl (C=O) groups excluding carboxylic acids is 1. The molecule has 1 amide bonds. The standard InChI is InChI=1S/C25H30N4O3S/c1-7-12-29-23(17-8-10-18(11-9-17)25(2,3)4)27-28-24(29)33-16-22(30)26-19-13-20(31-5)15-21(14-19)32-6/h7-11,13-15H,1,12,16H2,2-6H3,(H,26,30). The molecule has 3 rings (SSSR count). The number of hydrogen-bond acceptors (Lipinski definition) is 6. The van der Waals surface area contributed by atoms with Gasteiger partial charge in [0.15, 0.2) is 11.0 Å². The number of benzene rings is 2. The number of rotatable bonds is 9. The third-order valence-corrected chi connectivity index (χ3v) is 5.97. The second-order valence-corrected chi connectivity index (χ2v) is 9.41. The Morgan fingerprint density at radius 1 is 1.09 bits per heavy atom. The number of ether oxygens (including phenoxy) is 2. The number of hydrogen-bond donors (Lipinski definition) is 1. The van der Waals surface area contributed by atoms with Gasteiger partial charge in [-0.3, -0.25) is 9.36 Å². The molecule has 0 aliphatic rings. The normalized spacial score (nSPS) is 11.2. The molecule has 1 aromatic heterocycles. The summed E-state index contributed by atoms with van der Waals surface area (Å²) in [5, 5.41) is 12.2. The first kappa shape index (κ1) is 24.4. The van der Waals surface area contributed by atoms with Crippen LogP contribution < -0.4 is 14.8 Å². The largest absolute Gasteiger partial charge is 0.497 e. The third-order valence-electron chi connectivity index (χ3n) is 5.01. The van der Waals surface area contributed by atoms with Gasteiger partial charge in [0, 0.05) is 36.0 Å². The van der Waals surface area contributed by atoms with Gasteiger partial charge >= 0.3 is 0 Å². The summed E-state index contributed by atoms with van der Waals surface area (Å²) >= 11 is 1.32. The number of carbonyl (C=O) groups is 1. The van der Waals surface area contributed by atoms with Crippen LogP contribution in [0.25, 0.3) is 11.4 Å². The van der Waals surface area contributed by atoms with E-state index in [1.54, 1.807) is 38.5 Å². The Labute approximate surface area is 199 Å². The van der Waals surface area contributed by atoms with E-state index in [1.807, 2.05) is 4.57 Å². The Balaban J connectivity index is 1.73. The maximum Gasteiger partial charge on any atom is 0.234 e. The zero-order valence-corrected chi connectivity index (χ0v) is 20.5. The fourth-order valence-corrected chi connectivity index (χ4v) is 3.98. The van der Waals surface area contributed by atoms with Gasteiger partial charge in [-0.15, -0.1) is 16.8 Å². The molecule has 0 saturated carbocycles. The average Bonchev–Trinajstić information content (AvgIpc) is 3.19. The quantitative estimate of drug-likeness (QED) is 0.346. The zero-order valence-electron chi connectivity index (χ0n) is 19.7. The number of anilines is 1. The summed E-state index contributed by atoms with van der Waals surface area (Å²) in [6, 6.07) is 13.6. The Bertz CT molecular complexity index is 1100. The van der Waals surface area contributed by atoms with Crippen LogP contribution in [-0.2, 0) is 16.8 Å². The molecule has 8 heteroatoms. The van der Waals surface area contributed by atoms with Crippen LogP contribution in [-0.4, -0.2) is 40.6 Å². The number of nitrogens with zero attached hydrogens (tertiary/aromatic N) is 3. The lowest BCUT2D eigenvalue weighted by Gasteiger charge is -2.19. The molecule has 174 valence electrons. The van der Waals surface area contributed by atoms with Crippen molar-refractivity contribution in [1.29, 1.82) is 0 Å². The summed E-state index contributed by atoms with van der Waals surface area (Å²) in [4.78, 5) is 12.6. The van der Waals surface area contributed by atoms with E-state index in [9.17, 15) is 4.79 Å². The maximum atomic E-state index is 12.6. The van der Waals surface area contributed by atoms with E-state index in [-0.39, 0.29) is 17.1 Å². The number of thioether (sulfide) groups is 1. The van der Waals surface area contributed by atoms with Crippen molar-refractivity contribution in [3.8, 4) is 22.9 Å². The minimum absolute atomic E-state index is 0.0779. The molecule has 0 spiro atoms. The van der Waals surface area contributed by atoms with Crippen LogP contribution in [0.15, 0.2) is 60.3 Å². The molecule has 0 bridgehead atoms. The number of allylic oxidation sites excluding steroid dienone is 1. The Kier molecular flexibility index (Phi) is 7.81. The second kappa shape index (κ2) is 10.6. The molecule has 0 aliphatic carbocycles. The van der Waals surface area contributed by atoms with E-state index >= 15 is 0 Å². The molecular weight excluding hydrogens is 436 g/mol. The molecule has 1 N–H and O–H groups in total. The van der Waals surface area contributed by atoms with Crippen molar-refractivity contribution in [1.82, 2.24) is 14.8 Å². The van der Waals surface area contributed by atoms with Crippen LogP contribution in [0, 0.1) is 0 Å². The van der Waals surface area contributed by atoms with Gasteiger partial charge < -0.3 is 14.8 Å². The van der Waals surface area contributed by atoms with Gasteiger partial charge in [0.25, 0.3) is 0 Å². The Hall–Kier alpha value is -3.26. The second-order valence-electron chi connectivity index (χ2n) is 8.47. The van der Waals surface area contributed by atoms with E-state index < -0.39 is 0 Å². The Morgan fingerprint density at radius 2 is 1.73 bits per heavy atom. The minimum Gasteiger partial charge on any atom is -0.497 e. The van der Waals surface area contributed by atoms with Crippen LogP contribution in [0.5, 0.6) is 11.5 Å². The molecule has 0 unspecified atom stereocenters. The highest BCUT2D eigenvalue weighted by molar-refractivity contribution is 7.99. The first-order chi connectivity index (χ1) is 15.7. The molecule has 3 aromatic rings. The number of aromatic nitrogens is 3. The van der Waals surface area contributed by atoms with Crippen molar-refractivity contribution in [3.63, 3.8) is 0 Å². The first-order valence-corrected chi connectivity index (χ1v) is 11.5. The first-order valence-electron chi connectivity index (χ1n) is 10.6. The molecule has 0 aliphatic heterocycles. The molecule has 33 heavy (non-hydrogen) atoms. The van der Waals surface area contributed by atoms with Crippen molar-refractivity contribution >= 4 is 23.4 Å². The highest BCUT2D eigenvalue weighted by Gasteiger charge is 2.17. The van der Waals surface area contributed by atoms with Crippen molar-refractivity contribution in [3.05, 3.63) is 60.7 Å². The Morgan fingerprint density at radius 3 is 2.27 bits per heavy atom. The van der Waals surface area contributed by atoms with Gasteiger partial charge in [0.1, 0.15) is 11.5 Å². The van der Waals surface area contributed by atoms with Gasteiger partial charge in [-0.05, 0) is 11.0 Å². The van der Waals surface area contributed by atoms with Crippen LogP contribution in [0.1, 0.15) is 26.3 Å². The predicted molar refractivity (Wildman–Crippen MR) is 133 cm³/mol. The predicted octanol–water partition coefficient (Wildman–Crippen LogP) is 5.18. The number of nitrogens with one attached hydrogen (secondary N) is 1. The van der Waals surface area contributed by atoms with Gasteiger partial charge in [0.05, 0.1) is 20.0 Å². The van der Waals surface area contributed by atoms with E-state index in [0.717, 1.165) is 11.4 Å². The van der Waals surface area contributed by atoms with Crippen molar-refractivity contribution in [2.24, 2.45) is 0 Å². The van der Waals surface area contributed by atoms with Crippen LogP contribution in [0.3, 0.4) is 0 Å². The third kappa shape index (κ3) is 6.16. The molecule has 0 atom stereocenters. The highest BCUT2D eigenvalue weighted by Crippen LogP contribution is 2.29. The zero-order chi connectivity index (χ0) is 24.0. The summed E-state index contributed by atoms with van der Waals surface area (Å²) in [5.41, 5.74) is 2.90. The lowest BCUT2D eigenvalue weighted by Crippen LogP contribution is -2.15. The lowest BCUT2D eigenvalue weighted by atomic mass is 9.87. The van der Waals surface area contributed by atoms with E-state index in [2.05, 4.69) is 67.1 Å². The molecule has 0 saturated heterocycles. The van der Waals surface area contributed by atoms with E-state index in [4.69, 9.17) is 9.47 Å². The SMILES string of the molecule is C=CCn1c(SCC(=O)Nc2cc(OC)cc(OC)c2)nnc1-c1ccc(C(C)(C)C)cc1. The molecule has 1 heterocycles. The van der Waals surface area contributed by atoms with Crippen molar-refractivity contribution < 1.29 is 14.3 Å². The lowest BCUT2D eigenvalue weighted by molar-refractivity contribution is -0.113. The average molecular weight is 467 g/mol. The number of methoxy groups -OCH3 is 2. The summed E-state index contributed by atoms with van der Waals surface area (Å²) in [6.45, 7) is 10.9. The molecule has 7 nitrogen and oxygen atoms in total.